The molecule has 1 atom stereocenters. The zero-order valence-electron chi connectivity index (χ0n) is 11.1. The van der Waals surface area contributed by atoms with Gasteiger partial charge in [-0.1, -0.05) is 6.07 Å². The van der Waals surface area contributed by atoms with Gasteiger partial charge in [-0.25, -0.2) is 0 Å². The molecule has 3 nitrogen and oxygen atoms in total. The van der Waals surface area contributed by atoms with E-state index >= 15 is 0 Å². The standard InChI is InChI=1S/C16H20O3/c17-14-8-7-10-3-1-2-4-12(10)16(14)13(9-15(18)19)11-5-6-11/h7-8,11,13,17H,1-6,9H2,(H,18,19). The Morgan fingerprint density at radius 1 is 1.26 bits per heavy atom. The molecule has 19 heavy (non-hydrogen) atoms. The molecule has 0 aliphatic heterocycles. The van der Waals surface area contributed by atoms with Crippen LogP contribution >= 0.6 is 0 Å². The highest BCUT2D eigenvalue weighted by Gasteiger charge is 2.37. The molecule has 0 bridgehead atoms. The summed E-state index contributed by atoms with van der Waals surface area (Å²) in [5.41, 5.74) is 3.50. The summed E-state index contributed by atoms with van der Waals surface area (Å²) in [4.78, 5) is 11.1. The minimum absolute atomic E-state index is 0.00514. The number of carbonyl (C=O) groups is 1. The summed E-state index contributed by atoms with van der Waals surface area (Å²) >= 11 is 0. The summed E-state index contributed by atoms with van der Waals surface area (Å²) in [7, 11) is 0. The molecule has 0 spiro atoms. The number of aliphatic carboxylic acids is 1. The van der Waals surface area contributed by atoms with Crippen molar-refractivity contribution in [2.24, 2.45) is 5.92 Å². The molecule has 1 unspecified atom stereocenters. The van der Waals surface area contributed by atoms with Crippen molar-refractivity contribution in [1.82, 2.24) is 0 Å². The van der Waals surface area contributed by atoms with Crippen molar-refractivity contribution in [3.8, 4) is 5.75 Å². The first-order chi connectivity index (χ1) is 9.16. The van der Waals surface area contributed by atoms with Crippen LogP contribution in [0.25, 0.3) is 0 Å². The number of carboxylic acids is 1. The van der Waals surface area contributed by atoms with Crippen molar-refractivity contribution in [1.29, 1.82) is 0 Å². The zero-order valence-corrected chi connectivity index (χ0v) is 11.1. The van der Waals surface area contributed by atoms with Crippen molar-refractivity contribution in [3.05, 3.63) is 28.8 Å². The Morgan fingerprint density at radius 2 is 2.00 bits per heavy atom. The highest BCUT2D eigenvalue weighted by molar-refractivity contribution is 5.69. The van der Waals surface area contributed by atoms with Crippen LogP contribution in [0.4, 0.5) is 0 Å². The van der Waals surface area contributed by atoms with E-state index in [0.717, 1.165) is 37.7 Å². The van der Waals surface area contributed by atoms with Gasteiger partial charge >= 0.3 is 5.97 Å². The lowest BCUT2D eigenvalue weighted by molar-refractivity contribution is -0.137. The average Bonchev–Trinajstić information content (AvgIpc) is 3.20. The molecular formula is C16H20O3. The molecule has 2 aliphatic carbocycles. The molecule has 0 radical (unpaired) electrons. The van der Waals surface area contributed by atoms with Gasteiger partial charge in [0.15, 0.2) is 0 Å². The number of hydrogen-bond acceptors (Lipinski definition) is 2. The van der Waals surface area contributed by atoms with Gasteiger partial charge in [-0.05, 0) is 61.6 Å². The second kappa shape index (κ2) is 4.87. The van der Waals surface area contributed by atoms with Crippen LogP contribution in [-0.4, -0.2) is 16.2 Å². The van der Waals surface area contributed by atoms with Gasteiger partial charge in [0, 0.05) is 11.5 Å². The topological polar surface area (TPSA) is 57.5 Å². The summed E-state index contributed by atoms with van der Waals surface area (Å²) in [6.07, 6.45) is 6.74. The number of carboxylic acid groups (broad SMARTS) is 1. The molecule has 3 heteroatoms. The Labute approximate surface area is 113 Å². The molecule has 0 heterocycles. The Morgan fingerprint density at radius 3 is 2.68 bits per heavy atom. The first kappa shape index (κ1) is 12.5. The van der Waals surface area contributed by atoms with E-state index in [4.69, 9.17) is 5.11 Å². The van der Waals surface area contributed by atoms with Crippen LogP contribution < -0.4 is 0 Å². The number of phenols is 1. The Hall–Kier alpha value is -1.51. The molecule has 1 saturated carbocycles. The van der Waals surface area contributed by atoms with Crippen LogP contribution in [0.1, 0.15) is 54.7 Å². The van der Waals surface area contributed by atoms with Gasteiger partial charge in [-0.3, -0.25) is 4.79 Å². The number of aryl methyl sites for hydroxylation is 1. The summed E-state index contributed by atoms with van der Waals surface area (Å²) in [5, 5.41) is 19.4. The Balaban J connectivity index is 2.03. The fourth-order valence-corrected chi connectivity index (χ4v) is 3.45. The number of benzene rings is 1. The number of rotatable bonds is 4. The molecule has 2 N–H and O–H groups in total. The molecule has 1 fully saturated rings. The number of phenolic OH excluding ortho intramolecular Hbond substituents is 1. The maximum absolute atomic E-state index is 11.1. The van der Waals surface area contributed by atoms with E-state index in [0.29, 0.717) is 11.7 Å². The maximum atomic E-state index is 11.1. The van der Waals surface area contributed by atoms with E-state index in [9.17, 15) is 9.90 Å². The van der Waals surface area contributed by atoms with E-state index in [2.05, 4.69) is 0 Å². The minimum Gasteiger partial charge on any atom is -0.508 e. The van der Waals surface area contributed by atoms with Crippen LogP contribution in [0.5, 0.6) is 5.75 Å². The van der Waals surface area contributed by atoms with Crippen molar-refractivity contribution < 1.29 is 15.0 Å². The molecular weight excluding hydrogens is 240 g/mol. The summed E-state index contributed by atoms with van der Waals surface area (Å²) in [6.45, 7) is 0. The van der Waals surface area contributed by atoms with E-state index in [1.165, 1.54) is 17.5 Å². The highest BCUT2D eigenvalue weighted by atomic mass is 16.4. The van der Waals surface area contributed by atoms with Crippen molar-refractivity contribution >= 4 is 5.97 Å². The number of fused-ring (bicyclic) bond motifs is 1. The highest BCUT2D eigenvalue weighted by Crippen LogP contribution is 2.49. The van der Waals surface area contributed by atoms with Gasteiger partial charge in [-0.2, -0.15) is 0 Å². The van der Waals surface area contributed by atoms with E-state index in [1.54, 1.807) is 6.07 Å². The molecule has 0 aromatic heterocycles. The predicted octanol–water partition coefficient (Wildman–Crippen LogP) is 3.24. The molecule has 1 aromatic carbocycles. The summed E-state index contributed by atoms with van der Waals surface area (Å²) in [6, 6.07) is 3.77. The maximum Gasteiger partial charge on any atom is 0.303 e. The van der Waals surface area contributed by atoms with Gasteiger partial charge in [0.05, 0.1) is 6.42 Å². The van der Waals surface area contributed by atoms with E-state index in [1.807, 2.05) is 6.07 Å². The number of aromatic hydroxyl groups is 1. The molecule has 0 amide bonds. The molecule has 1 aromatic rings. The normalized spacial score (nSPS) is 19.8. The smallest absolute Gasteiger partial charge is 0.303 e. The molecule has 0 saturated heterocycles. The van der Waals surface area contributed by atoms with Crippen molar-refractivity contribution in [2.75, 3.05) is 0 Å². The lowest BCUT2D eigenvalue weighted by Crippen LogP contribution is -2.14. The first-order valence-electron chi connectivity index (χ1n) is 7.22. The quantitative estimate of drug-likeness (QED) is 0.873. The van der Waals surface area contributed by atoms with E-state index < -0.39 is 5.97 Å². The zero-order chi connectivity index (χ0) is 13.4. The Bertz CT molecular complexity index is 503. The lowest BCUT2D eigenvalue weighted by Gasteiger charge is -2.25. The van der Waals surface area contributed by atoms with Gasteiger partial charge in [-0.15, -0.1) is 0 Å². The minimum atomic E-state index is -0.760. The number of hydrogen-bond donors (Lipinski definition) is 2. The third kappa shape index (κ3) is 2.46. The van der Waals surface area contributed by atoms with Crippen LogP contribution in [0.3, 0.4) is 0 Å². The predicted molar refractivity (Wildman–Crippen MR) is 72.5 cm³/mol. The summed E-state index contributed by atoms with van der Waals surface area (Å²) in [5.74, 6) is 0.00416. The van der Waals surface area contributed by atoms with Gasteiger partial charge in [0.1, 0.15) is 5.75 Å². The van der Waals surface area contributed by atoms with Gasteiger partial charge in [0.25, 0.3) is 0 Å². The van der Waals surface area contributed by atoms with Crippen LogP contribution in [-0.2, 0) is 17.6 Å². The molecule has 2 aliphatic rings. The van der Waals surface area contributed by atoms with E-state index in [-0.39, 0.29) is 12.3 Å². The molecule has 3 rings (SSSR count). The second-order valence-electron chi connectivity index (χ2n) is 5.88. The fourth-order valence-electron chi connectivity index (χ4n) is 3.45. The third-order valence-corrected chi connectivity index (χ3v) is 4.51. The second-order valence-corrected chi connectivity index (χ2v) is 5.88. The summed E-state index contributed by atoms with van der Waals surface area (Å²) < 4.78 is 0. The Kier molecular flexibility index (Phi) is 3.21. The first-order valence-corrected chi connectivity index (χ1v) is 7.22. The largest absolute Gasteiger partial charge is 0.508 e. The average molecular weight is 260 g/mol. The lowest BCUT2D eigenvalue weighted by atomic mass is 9.80. The third-order valence-electron chi connectivity index (χ3n) is 4.51. The fraction of sp³-hybridized carbons (Fsp3) is 0.562. The van der Waals surface area contributed by atoms with Crippen LogP contribution in [0, 0.1) is 5.92 Å². The van der Waals surface area contributed by atoms with Crippen molar-refractivity contribution in [3.63, 3.8) is 0 Å². The van der Waals surface area contributed by atoms with Crippen molar-refractivity contribution in [2.45, 2.75) is 50.9 Å². The van der Waals surface area contributed by atoms with Gasteiger partial charge in [0.2, 0.25) is 0 Å². The van der Waals surface area contributed by atoms with Crippen LogP contribution in [0.15, 0.2) is 12.1 Å². The monoisotopic (exact) mass is 260 g/mol. The van der Waals surface area contributed by atoms with Gasteiger partial charge < -0.3 is 10.2 Å². The molecule has 102 valence electrons. The van der Waals surface area contributed by atoms with Crippen LogP contribution in [0.2, 0.25) is 0 Å². The SMILES string of the molecule is O=C(O)CC(c1c(O)ccc2c1CCCC2)C1CC1.